The van der Waals surface area contributed by atoms with Crippen LogP contribution in [-0.2, 0) is 0 Å². The van der Waals surface area contributed by atoms with Crippen LogP contribution in [0, 0.1) is 11.3 Å². The number of piperidine rings is 1. The van der Waals surface area contributed by atoms with Crippen LogP contribution in [-0.4, -0.2) is 19.3 Å². The van der Waals surface area contributed by atoms with Crippen LogP contribution in [0.2, 0.25) is 0 Å². The van der Waals surface area contributed by atoms with Gasteiger partial charge in [-0.1, -0.05) is 0 Å². The largest absolute Gasteiger partial charge is 0.404 e. The summed E-state index contributed by atoms with van der Waals surface area (Å²) in [5, 5.41) is 10.4. The van der Waals surface area contributed by atoms with Gasteiger partial charge in [-0.3, -0.25) is 0 Å². The van der Waals surface area contributed by atoms with Crippen LogP contribution in [0.3, 0.4) is 0 Å². The molecule has 0 spiro atoms. The molecule has 3 heteroatoms. The lowest BCUT2D eigenvalue weighted by Gasteiger charge is -2.22. The Hall–Kier alpha value is -0.830. The summed E-state index contributed by atoms with van der Waals surface area (Å²) < 4.78 is 0. The third-order valence-corrected chi connectivity index (χ3v) is 2.17. The van der Waals surface area contributed by atoms with E-state index in [1.807, 2.05) is 0 Å². The lowest BCUT2D eigenvalue weighted by Crippen LogP contribution is -2.29. The van der Waals surface area contributed by atoms with Gasteiger partial charge >= 0.3 is 0 Å². The molecule has 11 heavy (non-hydrogen) atoms. The maximum Gasteiger partial charge on any atom is 0.0227 e. The molecule has 1 aliphatic rings. The number of allylic oxidation sites excluding steroid dienone is 1. The molecule has 3 nitrogen and oxygen atoms in total. The summed E-state index contributed by atoms with van der Waals surface area (Å²) in [7, 11) is 0. The average molecular weight is 153 g/mol. The lowest BCUT2D eigenvalue weighted by molar-refractivity contribution is 0.428. The number of nitrogens with one attached hydrogen (secondary N) is 2. The molecule has 0 aliphatic carbocycles. The molecule has 0 unspecified atom stereocenters. The van der Waals surface area contributed by atoms with Crippen LogP contribution in [0.15, 0.2) is 11.8 Å². The quantitative estimate of drug-likeness (QED) is 0.505. The third kappa shape index (κ3) is 2.05. The van der Waals surface area contributed by atoms with E-state index in [2.05, 4.69) is 5.32 Å². The Morgan fingerprint density at radius 1 is 1.45 bits per heavy atom. The molecule has 1 rings (SSSR count). The monoisotopic (exact) mass is 153 g/mol. The predicted octanol–water partition coefficient (Wildman–Crippen LogP) is 0.478. The fourth-order valence-electron chi connectivity index (χ4n) is 1.46. The minimum atomic E-state index is 0.513. The molecule has 0 amide bonds. The Morgan fingerprint density at radius 2 is 2.09 bits per heavy atom. The molecule has 1 aliphatic heterocycles. The van der Waals surface area contributed by atoms with Crippen molar-refractivity contribution in [2.45, 2.75) is 12.8 Å². The van der Waals surface area contributed by atoms with Gasteiger partial charge in [-0.05, 0) is 43.6 Å². The molecule has 0 aromatic carbocycles. The second-order valence-electron chi connectivity index (χ2n) is 2.84. The van der Waals surface area contributed by atoms with E-state index in [1.165, 1.54) is 6.21 Å². The maximum atomic E-state index is 7.10. The van der Waals surface area contributed by atoms with Crippen molar-refractivity contribution in [1.29, 1.82) is 5.41 Å². The second kappa shape index (κ2) is 4.13. The van der Waals surface area contributed by atoms with Crippen molar-refractivity contribution < 1.29 is 0 Å². The number of nitrogens with two attached hydrogens (primary N) is 1. The number of hydrogen-bond acceptors (Lipinski definition) is 3. The van der Waals surface area contributed by atoms with Gasteiger partial charge < -0.3 is 16.5 Å². The molecule has 62 valence electrons. The third-order valence-electron chi connectivity index (χ3n) is 2.17. The highest BCUT2D eigenvalue weighted by molar-refractivity contribution is 5.76. The van der Waals surface area contributed by atoms with Crippen LogP contribution in [0.5, 0.6) is 0 Å². The molecule has 0 bridgehead atoms. The first-order valence-corrected chi connectivity index (χ1v) is 4.01. The summed E-state index contributed by atoms with van der Waals surface area (Å²) in [5.41, 5.74) is 6.36. The molecule has 1 saturated heterocycles. The minimum absolute atomic E-state index is 0.513. The zero-order chi connectivity index (χ0) is 8.10. The molecule has 1 fully saturated rings. The van der Waals surface area contributed by atoms with Crippen molar-refractivity contribution in [3.63, 3.8) is 0 Å². The van der Waals surface area contributed by atoms with Gasteiger partial charge in [0.1, 0.15) is 0 Å². The fourth-order valence-corrected chi connectivity index (χ4v) is 1.46. The SMILES string of the molecule is N=C/C(=C\N)C1CCNCC1. The van der Waals surface area contributed by atoms with Crippen molar-refractivity contribution in [3.8, 4) is 0 Å². The van der Waals surface area contributed by atoms with E-state index in [9.17, 15) is 0 Å². The number of hydrogen-bond donors (Lipinski definition) is 3. The Morgan fingerprint density at radius 3 is 2.55 bits per heavy atom. The first kappa shape index (κ1) is 8.27. The summed E-state index contributed by atoms with van der Waals surface area (Å²) in [4.78, 5) is 0. The van der Waals surface area contributed by atoms with Gasteiger partial charge in [-0.15, -0.1) is 0 Å². The van der Waals surface area contributed by atoms with Crippen LogP contribution >= 0.6 is 0 Å². The van der Waals surface area contributed by atoms with Crippen molar-refractivity contribution >= 4 is 6.21 Å². The zero-order valence-electron chi connectivity index (χ0n) is 6.64. The second-order valence-corrected chi connectivity index (χ2v) is 2.84. The van der Waals surface area contributed by atoms with Gasteiger partial charge in [-0.25, -0.2) is 0 Å². The Bertz CT molecular complexity index is 157. The summed E-state index contributed by atoms with van der Waals surface area (Å²) in [6.45, 7) is 2.10. The van der Waals surface area contributed by atoms with Gasteiger partial charge in [0.25, 0.3) is 0 Å². The van der Waals surface area contributed by atoms with E-state index >= 15 is 0 Å². The van der Waals surface area contributed by atoms with E-state index < -0.39 is 0 Å². The van der Waals surface area contributed by atoms with E-state index in [1.54, 1.807) is 6.20 Å². The molecule has 0 radical (unpaired) electrons. The van der Waals surface area contributed by atoms with Crippen LogP contribution in [0.1, 0.15) is 12.8 Å². The molecular formula is C8H15N3. The molecule has 1 heterocycles. The normalized spacial score (nSPS) is 21.6. The summed E-state index contributed by atoms with van der Waals surface area (Å²) in [6, 6.07) is 0. The number of rotatable bonds is 2. The highest BCUT2D eigenvalue weighted by Crippen LogP contribution is 2.18. The first-order chi connectivity index (χ1) is 5.38. The van der Waals surface area contributed by atoms with Crippen molar-refractivity contribution in [1.82, 2.24) is 5.32 Å². The zero-order valence-corrected chi connectivity index (χ0v) is 6.64. The summed E-state index contributed by atoms with van der Waals surface area (Å²) >= 11 is 0. The van der Waals surface area contributed by atoms with Crippen LogP contribution in [0.25, 0.3) is 0 Å². The molecule has 0 atom stereocenters. The van der Waals surface area contributed by atoms with E-state index in [4.69, 9.17) is 11.1 Å². The molecule has 0 aromatic heterocycles. The predicted molar refractivity (Wildman–Crippen MR) is 46.6 cm³/mol. The van der Waals surface area contributed by atoms with Crippen molar-refractivity contribution in [2.24, 2.45) is 11.7 Å². The van der Waals surface area contributed by atoms with Gasteiger partial charge in [0, 0.05) is 6.21 Å². The van der Waals surface area contributed by atoms with E-state index in [0.29, 0.717) is 5.92 Å². The van der Waals surface area contributed by atoms with E-state index in [0.717, 1.165) is 31.5 Å². The summed E-state index contributed by atoms with van der Waals surface area (Å²) in [5.74, 6) is 0.513. The molecule has 4 N–H and O–H groups in total. The molecular weight excluding hydrogens is 138 g/mol. The summed E-state index contributed by atoms with van der Waals surface area (Å²) in [6.07, 6.45) is 5.15. The Kier molecular flexibility index (Phi) is 3.11. The lowest BCUT2D eigenvalue weighted by atomic mass is 9.91. The molecule has 0 saturated carbocycles. The fraction of sp³-hybridized carbons (Fsp3) is 0.625. The topological polar surface area (TPSA) is 61.9 Å². The Balaban J connectivity index is 2.49. The van der Waals surface area contributed by atoms with Gasteiger partial charge in [0.15, 0.2) is 0 Å². The highest BCUT2D eigenvalue weighted by Gasteiger charge is 2.15. The first-order valence-electron chi connectivity index (χ1n) is 4.01. The van der Waals surface area contributed by atoms with Gasteiger partial charge in [0.05, 0.1) is 0 Å². The average Bonchev–Trinajstić information content (AvgIpc) is 2.09. The standard InChI is InChI=1S/C8H15N3/c9-5-8(6-10)7-1-3-11-4-2-7/h5-7,9,11H,1-4,10H2/b8-6+,9-5?. The van der Waals surface area contributed by atoms with Gasteiger partial charge in [0.2, 0.25) is 0 Å². The smallest absolute Gasteiger partial charge is 0.0227 e. The van der Waals surface area contributed by atoms with Gasteiger partial charge in [-0.2, -0.15) is 0 Å². The van der Waals surface area contributed by atoms with Crippen LogP contribution < -0.4 is 11.1 Å². The Labute approximate surface area is 67.2 Å². The van der Waals surface area contributed by atoms with Crippen molar-refractivity contribution in [3.05, 3.63) is 11.8 Å². The molecule has 0 aromatic rings. The highest BCUT2D eigenvalue weighted by atomic mass is 14.9. The van der Waals surface area contributed by atoms with Crippen molar-refractivity contribution in [2.75, 3.05) is 13.1 Å². The van der Waals surface area contributed by atoms with E-state index in [-0.39, 0.29) is 0 Å². The maximum absolute atomic E-state index is 7.10. The minimum Gasteiger partial charge on any atom is -0.404 e. The van der Waals surface area contributed by atoms with Crippen LogP contribution in [0.4, 0.5) is 0 Å².